The summed E-state index contributed by atoms with van der Waals surface area (Å²) in [7, 11) is 3.16. The quantitative estimate of drug-likeness (QED) is 0.336. The minimum atomic E-state index is -0.784. The number of ether oxygens (including phenoxy) is 3. The standard InChI is InChI=1S/C28H42N4O6/c1-8-19(5)17-32-22(26-23(36-6)11-10-12-24(26)37-7)16-21(31-32)28(35)30-20(15-18(3)4)27(34)29-14-13-25(33)38-9-2/h10-12,16,18-20H,8-9,13-15,17H2,1-7H3,(H,29,34)(H,30,35)/t19?,20-/m0/s1. The van der Waals surface area contributed by atoms with Crippen LogP contribution in [0.1, 0.15) is 64.4 Å². The molecule has 0 fully saturated rings. The first-order valence-electron chi connectivity index (χ1n) is 13.2. The molecule has 0 saturated carbocycles. The molecule has 0 spiro atoms. The van der Waals surface area contributed by atoms with Crippen molar-refractivity contribution in [1.82, 2.24) is 20.4 Å². The number of methoxy groups -OCH3 is 2. The number of rotatable bonds is 15. The van der Waals surface area contributed by atoms with Crippen molar-refractivity contribution in [1.29, 1.82) is 0 Å². The second-order valence-corrected chi connectivity index (χ2v) is 9.65. The molecule has 10 nitrogen and oxygen atoms in total. The number of nitrogens with one attached hydrogen (secondary N) is 2. The summed E-state index contributed by atoms with van der Waals surface area (Å²) in [5.74, 6) is 0.441. The molecule has 38 heavy (non-hydrogen) atoms. The van der Waals surface area contributed by atoms with Gasteiger partial charge in [0.2, 0.25) is 5.91 Å². The number of carbonyl (C=O) groups excluding carboxylic acids is 3. The topological polar surface area (TPSA) is 121 Å². The van der Waals surface area contributed by atoms with Crippen LogP contribution in [0.25, 0.3) is 11.3 Å². The fraction of sp³-hybridized carbons (Fsp3) is 0.571. The highest BCUT2D eigenvalue weighted by atomic mass is 16.5. The lowest BCUT2D eigenvalue weighted by Crippen LogP contribution is -2.48. The number of amides is 2. The van der Waals surface area contributed by atoms with E-state index in [0.717, 1.165) is 6.42 Å². The first-order valence-corrected chi connectivity index (χ1v) is 13.2. The highest BCUT2D eigenvalue weighted by Gasteiger charge is 2.26. The van der Waals surface area contributed by atoms with Gasteiger partial charge in [0, 0.05) is 13.1 Å². The van der Waals surface area contributed by atoms with E-state index in [1.165, 1.54) is 0 Å². The Bertz CT molecular complexity index is 1060. The van der Waals surface area contributed by atoms with Gasteiger partial charge < -0.3 is 24.8 Å². The maximum atomic E-state index is 13.4. The predicted molar refractivity (Wildman–Crippen MR) is 145 cm³/mol. The van der Waals surface area contributed by atoms with Gasteiger partial charge in [0.25, 0.3) is 5.91 Å². The fourth-order valence-corrected chi connectivity index (χ4v) is 3.98. The van der Waals surface area contributed by atoms with Gasteiger partial charge in [-0.05, 0) is 43.4 Å². The van der Waals surface area contributed by atoms with Crippen LogP contribution in [0.5, 0.6) is 11.5 Å². The van der Waals surface area contributed by atoms with Crippen LogP contribution >= 0.6 is 0 Å². The molecule has 1 aromatic carbocycles. The van der Waals surface area contributed by atoms with Crippen LogP contribution < -0.4 is 20.1 Å². The zero-order valence-corrected chi connectivity index (χ0v) is 23.6. The third-order valence-corrected chi connectivity index (χ3v) is 6.14. The minimum Gasteiger partial charge on any atom is -0.496 e. The third-order valence-electron chi connectivity index (χ3n) is 6.14. The van der Waals surface area contributed by atoms with E-state index in [9.17, 15) is 14.4 Å². The zero-order valence-electron chi connectivity index (χ0n) is 23.6. The average Bonchev–Trinajstić information content (AvgIpc) is 3.30. The Morgan fingerprint density at radius 1 is 1.05 bits per heavy atom. The van der Waals surface area contributed by atoms with Crippen molar-refractivity contribution in [2.45, 2.75) is 66.5 Å². The van der Waals surface area contributed by atoms with Crippen LogP contribution in [-0.4, -0.2) is 61.0 Å². The lowest BCUT2D eigenvalue weighted by atomic mass is 10.0. The van der Waals surface area contributed by atoms with E-state index in [1.807, 2.05) is 32.0 Å². The van der Waals surface area contributed by atoms with Gasteiger partial charge in [0.15, 0.2) is 5.69 Å². The molecule has 2 N–H and O–H groups in total. The molecule has 2 atom stereocenters. The van der Waals surface area contributed by atoms with E-state index in [4.69, 9.17) is 14.2 Å². The minimum absolute atomic E-state index is 0.0616. The molecule has 1 aromatic heterocycles. The molecular weight excluding hydrogens is 488 g/mol. The zero-order chi connectivity index (χ0) is 28.2. The van der Waals surface area contributed by atoms with E-state index in [1.54, 1.807) is 31.9 Å². The molecule has 0 radical (unpaired) electrons. The molecule has 2 aromatic rings. The molecule has 2 rings (SSSR count). The largest absolute Gasteiger partial charge is 0.496 e. The Morgan fingerprint density at radius 3 is 2.26 bits per heavy atom. The van der Waals surface area contributed by atoms with Gasteiger partial charge in [0.1, 0.15) is 17.5 Å². The third kappa shape index (κ3) is 8.49. The van der Waals surface area contributed by atoms with Gasteiger partial charge >= 0.3 is 5.97 Å². The molecule has 10 heteroatoms. The Hall–Kier alpha value is -3.56. The van der Waals surface area contributed by atoms with Crippen LogP contribution in [0.2, 0.25) is 0 Å². The number of carbonyl (C=O) groups is 3. The second-order valence-electron chi connectivity index (χ2n) is 9.65. The molecule has 2 amide bonds. The summed E-state index contributed by atoms with van der Waals surface area (Å²) < 4.78 is 17.9. The van der Waals surface area contributed by atoms with Crippen molar-refractivity contribution in [3.8, 4) is 22.8 Å². The summed E-state index contributed by atoms with van der Waals surface area (Å²) in [6.45, 7) is 10.9. The number of esters is 1. The highest BCUT2D eigenvalue weighted by molar-refractivity contribution is 5.97. The van der Waals surface area contributed by atoms with E-state index in [-0.39, 0.29) is 43.1 Å². The number of benzene rings is 1. The molecule has 1 unspecified atom stereocenters. The summed E-state index contributed by atoms with van der Waals surface area (Å²) in [4.78, 5) is 37.9. The van der Waals surface area contributed by atoms with Crippen molar-refractivity contribution >= 4 is 17.8 Å². The molecule has 0 aliphatic rings. The van der Waals surface area contributed by atoms with E-state index >= 15 is 0 Å². The second kappa shape index (κ2) is 15.0. The maximum Gasteiger partial charge on any atom is 0.307 e. The van der Waals surface area contributed by atoms with Crippen LogP contribution in [0, 0.1) is 11.8 Å². The summed E-state index contributed by atoms with van der Waals surface area (Å²) in [6.07, 6.45) is 1.43. The highest BCUT2D eigenvalue weighted by Crippen LogP contribution is 2.39. The summed E-state index contributed by atoms with van der Waals surface area (Å²) in [6, 6.07) is 6.41. The van der Waals surface area contributed by atoms with Crippen molar-refractivity contribution in [3.05, 3.63) is 30.0 Å². The SMILES string of the molecule is CCOC(=O)CCNC(=O)[C@H](CC(C)C)NC(=O)c1cc(-c2c(OC)cccc2OC)n(CC(C)CC)n1. The van der Waals surface area contributed by atoms with Crippen LogP contribution in [-0.2, 0) is 20.9 Å². The fourth-order valence-electron chi connectivity index (χ4n) is 3.98. The van der Waals surface area contributed by atoms with Crippen molar-refractivity contribution in [2.24, 2.45) is 11.8 Å². The number of aromatic nitrogens is 2. The van der Waals surface area contributed by atoms with E-state index in [0.29, 0.717) is 41.6 Å². The molecule has 0 saturated heterocycles. The molecule has 210 valence electrons. The summed E-state index contributed by atoms with van der Waals surface area (Å²) in [5, 5.41) is 10.2. The van der Waals surface area contributed by atoms with Crippen LogP contribution in [0.4, 0.5) is 0 Å². The lowest BCUT2D eigenvalue weighted by Gasteiger charge is -2.19. The smallest absolute Gasteiger partial charge is 0.307 e. The predicted octanol–water partition coefficient (Wildman–Crippen LogP) is 3.83. The molecular formula is C28H42N4O6. The number of hydrogen-bond donors (Lipinski definition) is 2. The van der Waals surface area contributed by atoms with Crippen molar-refractivity contribution < 1.29 is 28.6 Å². The lowest BCUT2D eigenvalue weighted by molar-refractivity contribution is -0.143. The Kier molecular flexibility index (Phi) is 12.1. The van der Waals surface area contributed by atoms with Crippen LogP contribution in [0.15, 0.2) is 24.3 Å². The number of nitrogens with zero attached hydrogens (tertiary/aromatic N) is 2. The van der Waals surface area contributed by atoms with E-state index in [2.05, 4.69) is 29.6 Å². The van der Waals surface area contributed by atoms with Gasteiger partial charge in [-0.2, -0.15) is 5.10 Å². The summed E-state index contributed by atoms with van der Waals surface area (Å²) >= 11 is 0. The molecule has 0 bridgehead atoms. The van der Waals surface area contributed by atoms with E-state index < -0.39 is 11.9 Å². The molecule has 0 aliphatic carbocycles. The maximum absolute atomic E-state index is 13.4. The van der Waals surface area contributed by atoms with Crippen LogP contribution in [0.3, 0.4) is 0 Å². The Morgan fingerprint density at radius 2 is 1.71 bits per heavy atom. The number of hydrogen-bond acceptors (Lipinski definition) is 7. The normalized spacial score (nSPS) is 12.5. The monoisotopic (exact) mass is 530 g/mol. The van der Waals surface area contributed by atoms with Crippen molar-refractivity contribution in [3.63, 3.8) is 0 Å². The van der Waals surface area contributed by atoms with Gasteiger partial charge in [0.05, 0.1) is 38.5 Å². The van der Waals surface area contributed by atoms with Gasteiger partial charge in [-0.1, -0.05) is 40.2 Å². The molecule has 0 aliphatic heterocycles. The summed E-state index contributed by atoms with van der Waals surface area (Å²) in [5.41, 5.74) is 1.57. The first kappa shape index (κ1) is 30.7. The Labute approximate surface area is 225 Å². The molecule has 1 heterocycles. The van der Waals surface area contributed by atoms with Gasteiger partial charge in [-0.25, -0.2) is 0 Å². The van der Waals surface area contributed by atoms with Gasteiger partial charge in [-0.15, -0.1) is 0 Å². The first-order chi connectivity index (χ1) is 18.1. The van der Waals surface area contributed by atoms with Gasteiger partial charge in [-0.3, -0.25) is 19.1 Å². The van der Waals surface area contributed by atoms with Crippen molar-refractivity contribution in [2.75, 3.05) is 27.4 Å². The average molecular weight is 531 g/mol. The Balaban J connectivity index is 2.35.